The Morgan fingerprint density at radius 3 is 2.72 bits per heavy atom. The van der Waals surface area contributed by atoms with Crippen LogP contribution in [0.1, 0.15) is 40.4 Å². The lowest BCUT2D eigenvalue weighted by Gasteiger charge is -2.08. The Morgan fingerprint density at radius 1 is 1.16 bits per heavy atom. The summed E-state index contributed by atoms with van der Waals surface area (Å²) in [5, 5.41) is 5.47. The van der Waals surface area contributed by atoms with Crippen LogP contribution >= 0.6 is 11.6 Å². The number of hydrazone groups is 1. The van der Waals surface area contributed by atoms with Crippen LogP contribution in [0.4, 0.5) is 0 Å². The van der Waals surface area contributed by atoms with Crippen molar-refractivity contribution in [1.82, 2.24) is 10.4 Å². The Bertz CT molecular complexity index is 980. The number of hydrogen-bond donors (Lipinski definition) is 1. The van der Waals surface area contributed by atoms with Crippen molar-refractivity contribution >= 4 is 34.6 Å². The molecular weight excluding hydrogens is 334 g/mol. The highest BCUT2D eigenvalue weighted by Gasteiger charge is 2.26. The van der Waals surface area contributed by atoms with Gasteiger partial charge in [0.2, 0.25) is 0 Å². The molecule has 0 bridgehead atoms. The molecule has 0 unspecified atom stereocenters. The van der Waals surface area contributed by atoms with E-state index in [0.717, 1.165) is 35.0 Å². The molecule has 1 aliphatic rings. The van der Waals surface area contributed by atoms with Gasteiger partial charge in [0.15, 0.2) is 0 Å². The van der Waals surface area contributed by atoms with E-state index in [1.807, 2.05) is 48.5 Å². The number of para-hydroxylation sites is 1. The van der Waals surface area contributed by atoms with Gasteiger partial charge >= 0.3 is 0 Å². The highest BCUT2D eigenvalue weighted by molar-refractivity contribution is 6.33. The average Bonchev–Trinajstić information content (AvgIpc) is 3.47. The van der Waals surface area contributed by atoms with Crippen molar-refractivity contribution in [2.45, 2.75) is 18.8 Å². The zero-order valence-electron chi connectivity index (χ0n) is 13.4. The zero-order chi connectivity index (χ0) is 17.2. The molecule has 0 spiro atoms. The Kier molecular flexibility index (Phi) is 4.20. The molecule has 0 radical (unpaired) electrons. The number of halogens is 1. The third-order valence-corrected chi connectivity index (χ3v) is 4.60. The Morgan fingerprint density at radius 2 is 1.92 bits per heavy atom. The first-order chi connectivity index (χ1) is 12.2. The van der Waals surface area contributed by atoms with Gasteiger partial charge in [-0.15, -0.1) is 0 Å². The number of rotatable bonds is 4. The van der Waals surface area contributed by atoms with Crippen LogP contribution in [0, 0.1) is 0 Å². The maximum absolute atomic E-state index is 12.6. The topological polar surface area (TPSA) is 54.4 Å². The molecule has 4 rings (SSSR count). The van der Waals surface area contributed by atoms with Gasteiger partial charge in [-0.2, -0.15) is 5.10 Å². The largest absolute Gasteiger partial charge is 0.272 e. The summed E-state index contributed by atoms with van der Waals surface area (Å²) in [6.07, 6.45) is 3.82. The molecule has 1 heterocycles. The predicted octanol–water partition coefficient (Wildman–Crippen LogP) is 4.53. The first-order valence-corrected chi connectivity index (χ1v) is 8.58. The van der Waals surface area contributed by atoms with Gasteiger partial charge in [-0.3, -0.25) is 9.78 Å². The van der Waals surface area contributed by atoms with E-state index >= 15 is 0 Å². The van der Waals surface area contributed by atoms with Gasteiger partial charge in [-0.05, 0) is 31.0 Å². The second kappa shape index (κ2) is 6.65. The van der Waals surface area contributed by atoms with E-state index in [1.54, 1.807) is 12.3 Å². The molecule has 2 aromatic carbocycles. The average molecular weight is 350 g/mol. The van der Waals surface area contributed by atoms with Crippen LogP contribution in [0.3, 0.4) is 0 Å². The molecule has 1 aromatic heterocycles. The lowest BCUT2D eigenvalue weighted by atomic mass is 10.1. The summed E-state index contributed by atoms with van der Waals surface area (Å²) in [6, 6.07) is 16.9. The Labute approximate surface area is 150 Å². The van der Waals surface area contributed by atoms with Crippen LogP contribution in [0.5, 0.6) is 0 Å². The van der Waals surface area contributed by atoms with Crippen LogP contribution in [0.25, 0.3) is 10.9 Å². The minimum Gasteiger partial charge on any atom is -0.267 e. The number of hydrogen-bond acceptors (Lipinski definition) is 3. The molecule has 4 nitrogen and oxygen atoms in total. The first kappa shape index (κ1) is 15.8. The van der Waals surface area contributed by atoms with E-state index in [2.05, 4.69) is 15.5 Å². The van der Waals surface area contributed by atoms with Gasteiger partial charge in [0.1, 0.15) is 0 Å². The van der Waals surface area contributed by atoms with Gasteiger partial charge in [-0.25, -0.2) is 5.43 Å². The fraction of sp³-hybridized carbons (Fsp3) is 0.150. The second-order valence-electron chi connectivity index (χ2n) is 6.11. The SMILES string of the molecule is O=C(NN=Cc1ccccc1Cl)c1cc(C2CC2)nc2ccccc12. The lowest BCUT2D eigenvalue weighted by Crippen LogP contribution is -2.18. The van der Waals surface area contributed by atoms with Gasteiger partial charge < -0.3 is 0 Å². The fourth-order valence-corrected chi connectivity index (χ4v) is 2.96. The zero-order valence-corrected chi connectivity index (χ0v) is 14.2. The number of benzene rings is 2. The van der Waals surface area contributed by atoms with Gasteiger partial charge in [0.05, 0.1) is 17.3 Å². The number of fused-ring (bicyclic) bond motifs is 1. The van der Waals surface area contributed by atoms with E-state index in [4.69, 9.17) is 11.6 Å². The van der Waals surface area contributed by atoms with Crippen molar-refractivity contribution in [1.29, 1.82) is 0 Å². The molecule has 25 heavy (non-hydrogen) atoms. The molecule has 1 aliphatic carbocycles. The summed E-state index contributed by atoms with van der Waals surface area (Å²) in [7, 11) is 0. The monoisotopic (exact) mass is 349 g/mol. The van der Waals surface area contributed by atoms with Crippen molar-refractivity contribution in [2.24, 2.45) is 5.10 Å². The van der Waals surface area contributed by atoms with Gasteiger partial charge in [-0.1, -0.05) is 48.0 Å². The quantitative estimate of drug-likeness (QED) is 0.555. The molecule has 1 N–H and O–H groups in total. The molecule has 1 amide bonds. The summed E-state index contributed by atoms with van der Waals surface area (Å²) in [4.78, 5) is 17.3. The van der Waals surface area contributed by atoms with Gasteiger partial charge in [0.25, 0.3) is 5.91 Å². The number of aromatic nitrogens is 1. The number of amides is 1. The van der Waals surface area contributed by atoms with E-state index < -0.39 is 0 Å². The first-order valence-electron chi connectivity index (χ1n) is 8.20. The molecule has 124 valence electrons. The minimum atomic E-state index is -0.246. The Balaban J connectivity index is 1.62. The molecular formula is C20H16ClN3O. The molecule has 1 saturated carbocycles. The molecule has 0 saturated heterocycles. The van der Waals surface area contributed by atoms with Crippen molar-refractivity contribution in [3.8, 4) is 0 Å². The number of pyridine rings is 1. The highest BCUT2D eigenvalue weighted by atomic mass is 35.5. The number of carbonyl (C=O) groups is 1. The normalized spacial score (nSPS) is 14.1. The molecule has 0 atom stereocenters. The third kappa shape index (κ3) is 3.39. The van der Waals surface area contributed by atoms with Crippen molar-refractivity contribution in [3.05, 3.63) is 76.4 Å². The number of carbonyl (C=O) groups excluding carboxylic acids is 1. The smallest absolute Gasteiger partial charge is 0.267 e. The summed E-state index contributed by atoms with van der Waals surface area (Å²) in [5.41, 5.74) is 5.78. The molecule has 5 heteroatoms. The summed E-state index contributed by atoms with van der Waals surface area (Å²) < 4.78 is 0. The van der Waals surface area contributed by atoms with Gasteiger partial charge in [0, 0.05) is 27.6 Å². The second-order valence-corrected chi connectivity index (χ2v) is 6.51. The van der Waals surface area contributed by atoms with Crippen molar-refractivity contribution in [2.75, 3.05) is 0 Å². The standard InChI is InChI=1S/C20H16ClN3O/c21-17-7-3-1-5-14(17)12-22-24-20(25)16-11-19(13-9-10-13)23-18-8-4-2-6-15(16)18/h1-8,11-13H,9-10H2,(H,24,25). The molecule has 3 aromatic rings. The predicted molar refractivity (Wildman–Crippen MR) is 100 cm³/mol. The number of nitrogens with zero attached hydrogens (tertiary/aromatic N) is 2. The molecule has 0 aliphatic heterocycles. The van der Waals surface area contributed by atoms with Crippen LogP contribution in [-0.4, -0.2) is 17.1 Å². The van der Waals surface area contributed by atoms with E-state index in [1.165, 1.54) is 0 Å². The Hall–Kier alpha value is -2.72. The minimum absolute atomic E-state index is 0.246. The van der Waals surface area contributed by atoms with Crippen LogP contribution in [0.15, 0.2) is 59.7 Å². The molecule has 1 fully saturated rings. The maximum atomic E-state index is 12.6. The van der Waals surface area contributed by atoms with Crippen molar-refractivity contribution in [3.63, 3.8) is 0 Å². The highest BCUT2D eigenvalue weighted by Crippen LogP contribution is 2.40. The maximum Gasteiger partial charge on any atom is 0.272 e. The third-order valence-electron chi connectivity index (χ3n) is 4.25. The fourth-order valence-electron chi connectivity index (χ4n) is 2.77. The van der Waals surface area contributed by atoms with E-state index in [-0.39, 0.29) is 5.91 Å². The van der Waals surface area contributed by atoms with E-state index in [9.17, 15) is 4.79 Å². The van der Waals surface area contributed by atoms with Crippen molar-refractivity contribution < 1.29 is 4.79 Å². The van der Waals surface area contributed by atoms with E-state index in [0.29, 0.717) is 16.5 Å². The summed E-state index contributed by atoms with van der Waals surface area (Å²) in [5.74, 6) is 0.228. The summed E-state index contributed by atoms with van der Waals surface area (Å²) in [6.45, 7) is 0. The van der Waals surface area contributed by atoms with Crippen LogP contribution < -0.4 is 5.43 Å². The van der Waals surface area contributed by atoms with Crippen LogP contribution in [0.2, 0.25) is 5.02 Å². The lowest BCUT2D eigenvalue weighted by molar-refractivity contribution is 0.0956. The van der Waals surface area contributed by atoms with Crippen LogP contribution in [-0.2, 0) is 0 Å². The summed E-state index contributed by atoms with van der Waals surface area (Å²) >= 11 is 6.09. The number of nitrogens with one attached hydrogen (secondary N) is 1.